The Morgan fingerprint density at radius 2 is 1.18 bits per heavy atom. The molecule has 0 aliphatic carbocycles. The van der Waals surface area contributed by atoms with Gasteiger partial charge in [0, 0.05) is 19.5 Å². The third-order valence-corrected chi connectivity index (χ3v) is 3.62. The van der Waals surface area contributed by atoms with Gasteiger partial charge in [0.1, 0.15) is 17.2 Å². The molecular weight excluding hydrogens is 434 g/mol. The van der Waals surface area contributed by atoms with Gasteiger partial charge in [-0.05, 0) is 48.0 Å². The maximum Gasteiger partial charge on any atom is 0.407 e. The summed E-state index contributed by atoms with van der Waals surface area (Å²) in [4.78, 5) is 35.0. The second-order valence-electron chi connectivity index (χ2n) is 9.29. The Balaban J connectivity index is 3.48. The molecule has 0 rings (SSSR count). The molecular formula is C22H43N3O8. The van der Waals surface area contributed by atoms with Crippen molar-refractivity contribution in [2.75, 3.05) is 52.7 Å². The molecule has 4 N–H and O–H groups in total. The van der Waals surface area contributed by atoms with Gasteiger partial charge in [-0.2, -0.15) is 0 Å². The number of hydrogen-bond acceptors (Lipinski definition) is 9. The lowest BCUT2D eigenvalue weighted by atomic mass is 10.1. The zero-order valence-corrected chi connectivity index (χ0v) is 21.0. The van der Waals surface area contributed by atoms with Gasteiger partial charge in [-0.1, -0.05) is 0 Å². The summed E-state index contributed by atoms with van der Waals surface area (Å²) in [5, 5.41) is 5.31. The summed E-state index contributed by atoms with van der Waals surface area (Å²) in [6, 6.07) is -0.825. The Morgan fingerprint density at radius 3 is 1.67 bits per heavy atom. The molecule has 0 bridgehead atoms. The maximum absolute atomic E-state index is 11.8. The summed E-state index contributed by atoms with van der Waals surface area (Å²) in [5.74, 6) is -0.714. The van der Waals surface area contributed by atoms with Crippen molar-refractivity contribution in [2.24, 2.45) is 5.73 Å². The molecule has 0 aliphatic heterocycles. The van der Waals surface area contributed by atoms with Gasteiger partial charge >= 0.3 is 12.1 Å². The molecule has 0 saturated carbocycles. The molecule has 0 fully saturated rings. The van der Waals surface area contributed by atoms with Crippen LogP contribution in [0.5, 0.6) is 0 Å². The van der Waals surface area contributed by atoms with Crippen molar-refractivity contribution in [3.8, 4) is 0 Å². The summed E-state index contributed by atoms with van der Waals surface area (Å²) in [6.45, 7) is 13.7. The number of carbonyl (C=O) groups excluding carboxylic acids is 3. The third-order valence-electron chi connectivity index (χ3n) is 3.62. The van der Waals surface area contributed by atoms with Gasteiger partial charge in [-0.15, -0.1) is 0 Å². The predicted molar refractivity (Wildman–Crippen MR) is 123 cm³/mol. The van der Waals surface area contributed by atoms with Crippen LogP contribution in [0.2, 0.25) is 0 Å². The van der Waals surface area contributed by atoms with Gasteiger partial charge in [0.2, 0.25) is 5.91 Å². The first-order valence-corrected chi connectivity index (χ1v) is 11.3. The van der Waals surface area contributed by atoms with E-state index in [1.165, 1.54) is 0 Å². The smallest absolute Gasteiger partial charge is 0.407 e. The molecule has 0 aromatic heterocycles. The fraction of sp³-hybridized carbons (Fsp3) is 0.864. The minimum absolute atomic E-state index is 0.136. The van der Waals surface area contributed by atoms with Crippen LogP contribution in [0.1, 0.15) is 54.4 Å². The number of esters is 1. The first-order valence-electron chi connectivity index (χ1n) is 11.3. The number of rotatable bonds is 16. The second-order valence-corrected chi connectivity index (χ2v) is 9.29. The van der Waals surface area contributed by atoms with Crippen molar-refractivity contribution >= 4 is 18.0 Å². The number of hydrogen-bond donors (Lipinski definition) is 3. The van der Waals surface area contributed by atoms with E-state index < -0.39 is 29.3 Å². The van der Waals surface area contributed by atoms with Crippen LogP contribution < -0.4 is 16.4 Å². The van der Waals surface area contributed by atoms with Gasteiger partial charge < -0.3 is 40.1 Å². The molecule has 2 amide bonds. The highest BCUT2D eigenvalue weighted by molar-refractivity contribution is 5.79. The quantitative estimate of drug-likeness (QED) is 0.220. The van der Waals surface area contributed by atoms with Crippen LogP contribution in [0.25, 0.3) is 0 Å². The standard InChI is InChI=1S/C22H43N3O8/c1-21(2,3)32-19(27)17(23)7-8-18(26)24-9-11-29-13-15-31-16-14-30-12-10-25-20(28)33-22(4,5)6/h17H,7-16,23H2,1-6H3,(H,24,26)(H,25,28). The lowest BCUT2D eigenvalue weighted by Crippen LogP contribution is -2.38. The van der Waals surface area contributed by atoms with Crippen LogP contribution in [0, 0.1) is 0 Å². The SMILES string of the molecule is CC(C)(C)OC(=O)NCCOCCOCCOCCNC(=O)CCC(N)C(=O)OC(C)(C)C. The van der Waals surface area contributed by atoms with Gasteiger partial charge in [-0.25, -0.2) is 4.79 Å². The van der Waals surface area contributed by atoms with Gasteiger partial charge in [-0.3, -0.25) is 9.59 Å². The van der Waals surface area contributed by atoms with Crippen LogP contribution in [0.3, 0.4) is 0 Å². The number of ether oxygens (including phenoxy) is 5. The van der Waals surface area contributed by atoms with Crippen molar-refractivity contribution < 1.29 is 38.1 Å². The second kappa shape index (κ2) is 16.6. The zero-order valence-electron chi connectivity index (χ0n) is 21.0. The number of nitrogens with two attached hydrogens (primary N) is 1. The van der Waals surface area contributed by atoms with Crippen LogP contribution in [-0.4, -0.2) is 87.9 Å². The average Bonchev–Trinajstić information content (AvgIpc) is 2.66. The molecule has 0 aromatic carbocycles. The molecule has 0 heterocycles. The number of carbonyl (C=O) groups is 3. The number of alkyl carbamates (subject to hydrolysis) is 1. The van der Waals surface area contributed by atoms with E-state index in [2.05, 4.69) is 10.6 Å². The predicted octanol–water partition coefficient (Wildman–Crippen LogP) is 1.13. The highest BCUT2D eigenvalue weighted by Crippen LogP contribution is 2.09. The van der Waals surface area contributed by atoms with Crippen molar-refractivity contribution in [3.05, 3.63) is 0 Å². The van der Waals surface area contributed by atoms with Gasteiger partial charge in [0.15, 0.2) is 0 Å². The Kier molecular flexibility index (Phi) is 15.6. The highest BCUT2D eigenvalue weighted by Gasteiger charge is 2.22. The van der Waals surface area contributed by atoms with Crippen LogP contribution in [-0.2, 0) is 33.3 Å². The van der Waals surface area contributed by atoms with E-state index in [9.17, 15) is 14.4 Å². The van der Waals surface area contributed by atoms with E-state index in [0.717, 1.165) is 0 Å². The third kappa shape index (κ3) is 21.6. The van der Waals surface area contributed by atoms with E-state index in [0.29, 0.717) is 52.7 Å². The average molecular weight is 478 g/mol. The van der Waals surface area contributed by atoms with Crippen LogP contribution in [0.15, 0.2) is 0 Å². The zero-order chi connectivity index (χ0) is 25.3. The summed E-state index contributed by atoms with van der Waals surface area (Å²) in [5.41, 5.74) is 4.62. The Labute approximate surface area is 197 Å². The molecule has 1 unspecified atom stereocenters. The van der Waals surface area contributed by atoms with Crippen LogP contribution in [0.4, 0.5) is 4.79 Å². The molecule has 11 nitrogen and oxygen atoms in total. The molecule has 0 saturated heterocycles. The fourth-order valence-electron chi connectivity index (χ4n) is 2.21. The van der Waals surface area contributed by atoms with E-state index in [4.69, 9.17) is 29.4 Å². The van der Waals surface area contributed by atoms with E-state index in [1.54, 1.807) is 41.5 Å². The molecule has 0 aliphatic rings. The lowest BCUT2D eigenvalue weighted by molar-refractivity contribution is -0.156. The molecule has 194 valence electrons. The summed E-state index contributed by atoms with van der Waals surface area (Å²) in [7, 11) is 0. The number of amides is 2. The maximum atomic E-state index is 11.8. The largest absolute Gasteiger partial charge is 0.459 e. The van der Waals surface area contributed by atoms with E-state index in [-0.39, 0.29) is 18.7 Å². The monoisotopic (exact) mass is 477 g/mol. The topological polar surface area (TPSA) is 147 Å². The van der Waals surface area contributed by atoms with Crippen molar-refractivity contribution in [1.29, 1.82) is 0 Å². The first kappa shape index (κ1) is 31.0. The minimum Gasteiger partial charge on any atom is -0.459 e. The molecule has 0 spiro atoms. The number of nitrogens with one attached hydrogen (secondary N) is 2. The Morgan fingerprint density at radius 1 is 0.727 bits per heavy atom. The molecule has 11 heteroatoms. The normalized spacial score (nSPS) is 12.7. The van der Waals surface area contributed by atoms with Crippen LogP contribution >= 0.6 is 0 Å². The van der Waals surface area contributed by atoms with Crippen molar-refractivity contribution in [1.82, 2.24) is 10.6 Å². The van der Waals surface area contributed by atoms with E-state index in [1.807, 2.05) is 0 Å². The summed E-state index contributed by atoms with van der Waals surface area (Å²) in [6.07, 6.45) is -0.120. The molecule has 0 aromatic rings. The Hall–Kier alpha value is -1.95. The lowest BCUT2D eigenvalue weighted by Gasteiger charge is -2.22. The van der Waals surface area contributed by atoms with Crippen molar-refractivity contribution in [2.45, 2.75) is 71.6 Å². The minimum atomic E-state index is -0.825. The highest BCUT2D eigenvalue weighted by atomic mass is 16.6. The molecule has 1 atom stereocenters. The van der Waals surface area contributed by atoms with Crippen molar-refractivity contribution in [3.63, 3.8) is 0 Å². The van der Waals surface area contributed by atoms with Gasteiger partial charge in [0.25, 0.3) is 0 Å². The van der Waals surface area contributed by atoms with E-state index >= 15 is 0 Å². The fourth-order valence-corrected chi connectivity index (χ4v) is 2.21. The molecule has 0 radical (unpaired) electrons. The summed E-state index contributed by atoms with van der Waals surface area (Å²) >= 11 is 0. The molecule has 33 heavy (non-hydrogen) atoms. The first-order chi connectivity index (χ1) is 15.3. The summed E-state index contributed by atoms with van der Waals surface area (Å²) < 4.78 is 26.4. The van der Waals surface area contributed by atoms with Gasteiger partial charge in [0.05, 0.1) is 39.6 Å². The Bertz CT molecular complexity index is 573.